The molecule has 8 heteroatoms. The van der Waals surface area contributed by atoms with E-state index in [9.17, 15) is 9.18 Å². The highest BCUT2D eigenvalue weighted by molar-refractivity contribution is 7.99. The first-order valence-corrected chi connectivity index (χ1v) is 8.78. The molecule has 2 aromatic rings. The van der Waals surface area contributed by atoms with Crippen molar-refractivity contribution in [3.05, 3.63) is 30.1 Å². The Morgan fingerprint density at radius 1 is 1.42 bits per heavy atom. The third-order valence-electron chi connectivity index (χ3n) is 3.82. The van der Waals surface area contributed by atoms with E-state index in [4.69, 9.17) is 4.74 Å². The molecule has 3 rings (SSSR count). The lowest BCUT2D eigenvalue weighted by atomic mass is 10.2. The average molecular weight is 350 g/mol. The molecule has 0 saturated carbocycles. The lowest BCUT2D eigenvalue weighted by Crippen LogP contribution is -2.32. The molecule has 6 nitrogen and oxygen atoms in total. The van der Waals surface area contributed by atoms with Crippen molar-refractivity contribution in [3.63, 3.8) is 0 Å². The predicted molar refractivity (Wildman–Crippen MR) is 89.1 cm³/mol. The number of halogens is 1. The summed E-state index contributed by atoms with van der Waals surface area (Å²) in [4.78, 5) is 11.9. The second-order valence-corrected chi connectivity index (χ2v) is 6.54. The van der Waals surface area contributed by atoms with Crippen LogP contribution in [0, 0.1) is 5.82 Å². The summed E-state index contributed by atoms with van der Waals surface area (Å²) in [7, 11) is 1.82. The summed E-state index contributed by atoms with van der Waals surface area (Å²) in [6, 6.07) is 6.08. The van der Waals surface area contributed by atoms with E-state index < -0.39 is 0 Å². The van der Waals surface area contributed by atoms with Crippen molar-refractivity contribution < 1.29 is 13.9 Å². The maximum absolute atomic E-state index is 13.0. The van der Waals surface area contributed by atoms with E-state index in [1.54, 1.807) is 16.7 Å². The highest BCUT2D eigenvalue weighted by Gasteiger charge is 2.17. The van der Waals surface area contributed by atoms with E-state index >= 15 is 0 Å². The molecule has 0 aliphatic carbocycles. The van der Waals surface area contributed by atoms with Gasteiger partial charge in [0.1, 0.15) is 5.82 Å². The van der Waals surface area contributed by atoms with Crippen LogP contribution in [0.1, 0.15) is 12.8 Å². The fourth-order valence-corrected chi connectivity index (χ4v) is 3.25. The molecule has 0 radical (unpaired) electrons. The Hall–Kier alpha value is -1.93. The number of benzene rings is 1. The van der Waals surface area contributed by atoms with Gasteiger partial charge in [0.2, 0.25) is 5.91 Å². The van der Waals surface area contributed by atoms with Gasteiger partial charge in [-0.3, -0.25) is 4.79 Å². The van der Waals surface area contributed by atoms with Gasteiger partial charge in [0.05, 0.1) is 11.9 Å². The molecule has 1 N–H and O–H groups in total. The zero-order valence-corrected chi connectivity index (χ0v) is 14.2. The zero-order valence-electron chi connectivity index (χ0n) is 13.4. The highest BCUT2D eigenvalue weighted by Crippen LogP contribution is 2.22. The van der Waals surface area contributed by atoms with Crippen molar-refractivity contribution in [1.82, 2.24) is 20.1 Å². The molecule has 1 saturated heterocycles. The topological polar surface area (TPSA) is 69.0 Å². The van der Waals surface area contributed by atoms with Crippen LogP contribution in [0.3, 0.4) is 0 Å². The molecule has 0 unspecified atom stereocenters. The van der Waals surface area contributed by atoms with Gasteiger partial charge in [-0.2, -0.15) is 0 Å². The Morgan fingerprint density at radius 3 is 2.92 bits per heavy atom. The molecular formula is C16H19FN4O2S. The van der Waals surface area contributed by atoms with Gasteiger partial charge in [-0.15, -0.1) is 10.2 Å². The molecular weight excluding hydrogens is 331 g/mol. The van der Waals surface area contributed by atoms with Crippen LogP contribution in [0.25, 0.3) is 11.4 Å². The number of carbonyl (C=O) groups is 1. The van der Waals surface area contributed by atoms with Crippen LogP contribution in [0.4, 0.5) is 4.39 Å². The van der Waals surface area contributed by atoms with Gasteiger partial charge in [0.25, 0.3) is 0 Å². The third kappa shape index (κ3) is 4.12. The van der Waals surface area contributed by atoms with Crippen molar-refractivity contribution in [1.29, 1.82) is 0 Å². The van der Waals surface area contributed by atoms with Crippen LogP contribution >= 0.6 is 11.8 Å². The second kappa shape index (κ2) is 7.76. The van der Waals surface area contributed by atoms with Crippen LogP contribution in [0.15, 0.2) is 29.4 Å². The summed E-state index contributed by atoms with van der Waals surface area (Å²) in [6.45, 7) is 1.33. The number of amides is 1. The van der Waals surface area contributed by atoms with Crippen molar-refractivity contribution in [2.24, 2.45) is 7.05 Å². The fraction of sp³-hybridized carbons (Fsp3) is 0.438. The summed E-state index contributed by atoms with van der Waals surface area (Å²) >= 11 is 1.32. The molecule has 1 aliphatic rings. The quantitative estimate of drug-likeness (QED) is 0.807. The molecule has 1 aromatic carbocycles. The van der Waals surface area contributed by atoms with Gasteiger partial charge in [-0.25, -0.2) is 4.39 Å². The first kappa shape index (κ1) is 16.9. The minimum absolute atomic E-state index is 0.0539. The van der Waals surface area contributed by atoms with Gasteiger partial charge in [-0.05, 0) is 37.1 Å². The van der Waals surface area contributed by atoms with E-state index in [1.165, 1.54) is 23.9 Å². The number of hydrogen-bond acceptors (Lipinski definition) is 5. The van der Waals surface area contributed by atoms with Gasteiger partial charge >= 0.3 is 0 Å². The van der Waals surface area contributed by atoms with Crippen LogP contribution in [-0.2, 0) is 16.6 Å². The first-order valence-electron chi connectivity index (χ1n) is 7.80. The summed E-state index contributed by atoms with van der Waals surface area (Å²) in [5.41, 5.74) is 0.779. The second-order valence-electron chi connectivity index (χ2n) is 5.60. The smallest absolute Gasteiger partial charge is 0.230 e. The highest BCUT2D eigenvalue weighted by atomic mass is 32.2. The van der Waals surface area contributed by atoms with E-state index in [0.717, 1.165) is 25.0 Å². The summed E-state index contributed by atoms with van der Waals surface area (Å²) in [5, 5.41) is 11.7. The normalized spacial score (nSPS) is 17.2. The molecule has 1 aromatic heterocycles. The number of ether oxygens (including phenoxy) is 1. The predicted octanol–water partition coefficient (Wildman–Crippen LogP) is 2.01. The molecule has 24 heavy (non-hydrogen) atoms. The minimum atomic E-state index is -0.293. The number of nitrogens with one attached hydrogen (secondary N) is 1. The van der Waals surface area contributed by atoms with Crippen LogP contribution < -0.4 is 5.32 Å². The Balaban J connectivity index is 1.54. The molecule has 1 atom stereocenters. The maximum Gasteiger partial charge on any atom is 0.230 e. The van der Waals surface area contributed by atoms with E-state index in [0.29, 0.717) is 17.5 Å². The monoisotopic (exact) mass is 350 g/mol. The Kier molecular flexibility index (Phi) is 5.47. The van der Waals surface area contributed by atoms with Gasteiger partial charge in [-0.1, -0.05) is 11.8 Å². The standard InChI is InChI=1S/C16H19FN4O2S/c1-21-15(11-4-6-12(17)7-5-11)19-20-16(21)24-10-14(22)18-9-13-3-2-8-23-13/h4-7,13H,2-3,8-10H2,1H3,(H,18,22)/t13-/m0/s1. The third-order valence-corrected chi connectivity index (χ3v) is 4.84. The summed E-state index contributed by atoms with van der Waals surface area (Å²) in [6.07, 6.45) is 2.19. The van der Waals surface area contributed by atoms with Crippen LogP contribution in [-0.4, -0.2) is 45.7 Å². The van der Waals surface area contributed by atoms with Crippen molar-refractivity contribution in [3.8, 4) is 11.4 Å². The lowest BCUT2D eigenvalue weighted by molar-refractivity contribution is -0.119. The van der Waals surface area contributed by atoms with E-state index in [1.807, 2.05) is 7.05 Å². The van der Waals surface area contributed by atoms with Crippen LogP contribution in [0.5, 0.6) is 0 Å². The fourth-order valence-electron chi connectivity index (χ4n) is 2.51. The van der Waals surface area contributed by atoms with Crippen molar-refractivity contribution in [2.45, 2.75) is 24.1 Å². The Morgan fingerprint density at radius 2 is 2.21 bits per heavy atom. The van der Waals surface area contributed by atoms with Crippen LogP contribution in [0.2, 0.25) is 0 Å². The number of carbonyl (C=O) groups excluding carboxylic acids is 1. The molecule has 128 valence electrons. The van der Waals surface area contributed by atoms with Crippen molar-refractivity contribution >= 4 is 17.7 Å². The van der Waals surface area contributed by atoms with E-state index in [-0.39, 0.29) is 23.6 Å². The Bertz CT molecular complexity index is 699. The number of rotatable bonds is 6. The summed E-state index contributed by atoms with van der Waals surface area (Å²) in [5.74, 6) is 0.555. The molecule has 2 heterocycles. The molecule has 0 spiro atoms. The van der Waals surface area contributed by atoms with Gasteiger partial charge in [0.15, 0.2) is 11.0 Å². The average Bonchev–Trinajstić information content (AvgIpc) is 3.22. The molecule has 1 amide bonds. The number of aromatic nitrogens is 3. The molecule has 1 aliphatic heterocycles. The van der Waals surface area contributed by atoms with Crippen molar-refractivity contribution in [2.75, 3.05) is 18.9 Å². The van der Waals surface area contributed by atoms with E-state index in [2.05, 4.69) is 15.5 Å². The lowest BCUT2D eigenvalue weighted by Gasteiger charge is -2.10. The van der Waals surface area contributed by atoms with Gasteiger partial charge < -0.3 is 14.6 Å². The number of thioether (sulfide) groups is 1. The minimum Gasteiger partial charge on any atom is -0.376 e. The SMILES string of the molecule is Cn1c(SCC(=O)NC[C@@H]2CCCO2)nnc1-c1ccc(F)cc1. The van der Waals surface area contributed by atoms with Gasteiger partial charge in [0, 0.05) is 25.8 Å². The maximum atomic E-state index is 13.0. The number of hydrogen-bond donors (Lipinski definition) is 1. The largest absolute Gasteiger partial charge is 0.376 e. The first-order chi connectivity index (χ1) is 11.6. The Labute approximate surface area is 143 Å². The molecule has 1 fully saturated rings. The summed E-state index contributed by atoms with van der Waals surface area (Å²) < 4.78 is 20.3. The number of nitrogens with zero attached hydrogens (tertiary/aromatic N) is 3. The molecule has 0 bridgehead atoms. The zero-order chi connectivity index (χ0) is 16.9.